The summed E-state index contributed by atoms with van der Waals surface area (Å²) < 4.78 is 0.953. The van der Waals surface area contributed by atoms with Gasteiger partial charge in [-0.05, 0) is 24.0 Å². The molecule has 13 heavy (non-hydrogen) atoms. The maximum absolute atomic E-state index is 3.83. The summed E-state index contributed by atoms with van der Waals surface area (Å²) in [5, 5.41) is 0. The molecule has 0 aliphatic heterocycles. The van der Waals surface area contributed by atoms with Crippen LogP contribution in [0.2, 0.25) is 0 Å². The number of aryl methyl sites for hydroxylation is 1. The van der Waals surface area contributed by atoms with Gasteiger partial charge >= 0.3 is 0 Å². The summed E-state index contributed by atoms with van der Waals surface area (Å²) in [4.78, 5) is 0. The molecule has 0 aliphatic carbocycles. The Hall–Kier alpha value is -0.560. The monoisotopic (exact) mass is 238 g/mol. The van der Waals surface area contributed by atoms with Gasteiger partial charge in [0.15, 0.2) is 0 Å². The van der Waals surface area contributed by atoms with Gasteiger partial charge < -0.3 is 0 Å². The Morgan fingerprint density at radius 2 is 1.92 bits per heavy atom. The Morgan fingerprint density at radius 1 is 1.31 bits per heavy atom. The van der Waals surface area contributed by atoms with Crippen molar-refractivity contribution in [3.8, 4) is 0 Å². The molecule has 0 spiro atoms. The molecule has 0 aliphatic rings. The first-order valence-electron chi connectivity index (χ1n) is 4.67. The van der Waals surface area contributed by atoms with Crippen molar-refractivity contribution in [1.82, 2.24) is 0 Å². The van der Waals surface area contributed by atoms with E-state index in [0.29, 0.717) is 0 Å². The zero-order chi connectivity index (χ0) is 9.68. The third kappa shape index (κ3) is 3.35. The predicted molar refractivity (Wildman–Crippen MR) is 63.0 cm³/mol. The SMILES string of the molecule is C=C(Br)c1ccc(CCCC)cc1. The Morgan fingerprint density at radius 3 is 2.38 bits per heavy atom. The normalized spacial score (nSPS) is 10.0. The summed E-state index contributed by atoms with van der Waals surface area (Å²) in [7, 11) is 0. The van der Waals surface area contributed by atoms with E-state index in [1.807, 2.05) is 0 Å². The van der Waals surface area contributed by atoms with Gasteiger partial charge in [-0.25, -0.2) is 0 Å². The smallest absolute Gasteiger partial charge is 0.0175 e. The first-order valence-corrected chi connectivity index (χ1v) is 5.47. The number of halogens is 1. The van der Waals surface area contributed by atoms with Crippen molar-refractivity contribution in [1.29, 1.82) is 0 Å². The van der Waals surface area contributed by atoms with Crippen molar-refractivity contribution in [2.45, 2.75) is 26.2 Å². The van der Waals surface area contributed by atoms with Gasteiger partial charge in [-0.1, -0.05) is 60.1 Å². The Labute approximate surface area is 88.8 Å². The summed E-state index contributed by atoms with van der Waals surface area (Å²) >= 11 is 3.37. The predicted octanol–water partition coefficient (Wildman–Crippen LogP) is 4.39. The van der Waals surface area contributed by atoms with Crippen molar-refractivity contribution in [2.24, 2.45) is 0 Å². The lowest BCUT2D eigenvalue weighted by atomic mass is 10.1. The van der Waals surface area contributed by atoms with Crippen molar-refractivity contribution in [3.05, 3.63) is 42.0 Å². The lowest BCUT2D eigenvalue weighted by Crippen LogP contribution is -1.84. The summed E-state index contributed by atoms with van der Waals surface area (Å²) in [6.07, 6.45) is 3.72. The molecule has 0 N–H and O–H groups in total. The van der Waals surface area contributed by atoms with E-state index in [-0.39, 0.29) is 0 Å². The molecule has 1 aromatic rings. The number of hydrogen-bond acceptors (Lipinski definition) is 0. The number of rotatable bonds is 4. The van der Waals surface area contributed by atoms with Crippen molar-refractivity contribution in [2.75, 3.05) is 0 Å². The van der Waals surface area contributed by atoms with Gasteiger partial charge in [0.25, 0.3) is 0 Å². The largest absolute Gasteiger partial charge is 0.0841 e. The van der Waals surface area contributed by atoms with E-state index in [1.54, 1.807) is 0 Å². The average molecular weight is 239 g/mol. The fourth-order valence-electron chi connectivity index (χ4n) is 1.23. The zero-order valence-corrected chi connectivity index (χ0v) is 9.60. The van der Waals surface area contributed by atoms with E-state index in [4.69, 9.17) is 0 Å². The van der Waals surface area contributed by atoms with Gasteiger partial charge in [-0.2, -0.15) is 0 Å². The second-order valence-electron chi connectivity index (χ2n) is 3.21. The maximum atomic E-state index is 3.83. The summed E-state index contributed by atoms with van der Waals surface area (Å²) in [6.45, 7) is 6.05. The van der Waals surface area contributed by atoms with Crippen LogP contribution in [0.1, 0.15) is 30.9 Å². The van der Waals surface area contributed by atoms with Gasteiger partial charge in [0.05, 0.1) is 0 Å². The van der Waals surface area contributed by atoms with E-state index in [9.17, 15) is 0 Å². The van der Waals surface area contributed by atoms with Crippen LogP contribution < -0.4 is 0 Å². The van der Waals surface area contributed by atoms with Crippen molar-refractivity contribution >= 4 is 20.4 Å². The highest BCUT2D eigenvalue weighted by atomic mass is 79.9. The molecule has 0 nitrogen and oxygen atoms in total. The summed E-state index contributed by atoms with van der Waals surface area (Å²) in [5.41, 5.74) is 2.58. The number of benzene rings is 1. The number of hydrogen-bond donors (Lipinski definition) is 0. The molecule has 0 saturated heterocycles. The molecule has 70 valence electrons. The van der Waals surface area contributed by atoms with Crippen molar-refractivity contribution < 1.29 is 0 Å². The molecule has 0 radical (unpaired) electrons. The molecule has 1 aromatic carbocycles. The quantitative estimate of drug-likeness (QED) is 0.730. The summed E-state index contributed by atoms with van der Waals surface area (Å²) in [6, 6.07) is 8.58. The molecular weight excluding hydrogens is 224 g/mol. The van der Waals surface area contributed by atoms with Gasteiger partial charge in [0, 0.05) is 4.48 Å². The van der Waals surface area contributed by atoms with Crippen LogP contribution in [0.5, 0.6) is 0 Å². The van der Waals surface area contributed by atoms with Gasteiger partial charge in [-0.15, -0.1) is 0 Å². The van der Waals surface area contributed by atoms with Crippen LogP contribution in [0.25, 0.3) is 4.48 Å². The van der Waals surface area contributed by atoms with Gasteiger partial charge in [0.1, 0.15) is 0 Å². The molecule has 0 aromatic heterocycles. The minimum absolute atomic E-state index is 0.953. The minimum Gasteiger partial charge on any atom is -0.0841 e. The maximum Gasteiger partial charge on any atom is 0.0175 e. The van der Waals surface area contributed by atoms with Crippen LogP contribution in [-0.2, 0) is 6.42 Å². The molecule has 0 saturated carbocycles. The van der Waals surface area contributed by atoms with Crippen LogP contribution >= 0.6 is 15.9 Å². The highest BCUT2D eigenvalue weighted by Crippen LogP contribution is 2.19. The summed E-state index contributed by atoms with van der Waals surface area (Å²) in [5.74, 6) is 0. The molecular formula is C12H15Br. The van der Waals surface area contributed by atoms with Crippen LogP contribution in [0.15, 0.2) is 30.8 Å². The lowest BCUT2D eigenvalue weighted by Gasteiger charge is -2.01. The van der Waals surface area contributed by atoms with Crippen LogP contribution in [0.4, 0.5) is 0 Å². The third-order valence-electron chi connectivity index (χ3n) is 2.09. The topological polar surface area (TPSA) is 0 Å². The number of unbranched alkanes of at least 4 members (excludes halogenated alkanes) is 1. The molecule has 1 rings (SSSR count). The average Bonchev–Trinajstić information content (AvgIpc) is 2.15. The van der Waals surface area contributed by atoms with E-state index in [1.165, 1.54) is 30.4 Å². The van der Waals surface area contributed by atoms with E-state index >= 15 is 0 Å². The Balaban J connectivity index is 2.64. The highest BCUT2D eigenvalue weighted by Gasteiger charge is 1.95. The third-order valence-corrected chi connectivity index (χ3v) is 2.54. The van der Waals surface area contributed by atoms with Gasteiger partial charge in [-0.3, -0.25) is 0 Å². The highest BCUT2D eigenvalue weighted by molar-refractivity contribution is 9.15. The Kier molecular flexibility index (Phi) is 4.23. The molecule has 0 atom stereocenters. The van der Waals surface area contributed by atoms with E-state index < -0.39 is 0 Å². The molecule has 0 heterocycles. The van der Waals surface area contributed by atoms with Crippen LogP contribution in [0.3, 0.4) is 0 Å². The van der Waals surface area contributed by atoms with Crippen LogP contribution in [0, 0.1) is 0 Å². The molecule has 0 unspecified atom stereocenters. The standard InChI is InChI=1S/C12H15Br/c1-3-4-5-11-6-8-12(9-7-11)10(2)13/h6-9H,2-5H2,1H3. The molecule has 1 heteroatoms. The fraction of sp³-hybridized carbons (Fsp3) is 0.333. The fourth-order valence-corrected chi connectivity index (χ4v) is 1.50. The van der Waals surface area contributed by atoms with Gasteiger partial charge in [0.2, 0.25) is 0 Å². The van der Waals surface area contributed by atoms with E-state index in [2.05, 4.69) is 53.7 Å². The second kappa shape index (κ2) is 5.23. The van der Waals surface area contributed by atoms with Crippen molar-refractivity contribution in [3.63, 3.8) is 0 Å². The first kappa shape index (κ1) is 10.5. The molecule has 0 fully saturated rings. The Bertz CT molecular complexity index is 272. The molecule has 0 bridgehead atoms. The lowest BCUT2D eigenvalue weighted by molar-refractivity contribution is 0.795. The van der Waals surface area contributed by atoms with Crippen LogP contribution in [-0.4, -0.2) is 0 Å². The minimum atomic E-state index is 0.953. The van der Waals surface area contributed by atoms with E-state index in [0.717, 1.165) is 4.48 Å². The first-order chi connectivity index (χ1) is 6.24. The second-order valence-corrected chi connectivity index (χ2v) is 4.16. The zero-order valence-electron chi connectivity index (χ0n) is 8.02. The molecule has 0 amide bonds.